The number of carbonyl (C=O) groups is 3. The number of rotatable bonds is 4. The molecule has 1 aromatic heterocycles. The van der Waals surface area contributed by atoms with E-state index in [0.29, 0.717) is 5.69 Å². The molecule has 1 aromatic carbocycles. The van der Waals surface area contributed by atoms with Crippen molar-refractivity contribution in [3.63, 3.8) is 0 Å². The van der Waals surface area contributed by atoms with Crippen LogP contribution in [-0.4, -0.2) is 56.5 Å². The summed E-state index contributed by atoms with van der Waals surface area (Å²) in [6.07, 6.45) is 0.103. The number of carbonyl (C=O) groups excluding carboxylic acids is 3. The number of benzene rings is 1. The van der Waals surface area contributed by atoms with Crippen LogP contribution in [0.2, 0.25) is 5.02 Å². The first-order chi connectivity index (χ1) is 15.9. The minimum atomic E-state index is -3.00. The predicted molar refractivity (Wildman–Crippen MR) is 114 cm³/mol. The number of nitrogens with zero attached hydrogens (tertiary/aromatic N) is 3. The molecule has 0 unspecified atom stereocenters. The Labute approximate surface area is 197 Å². The fourth-order valence-corrected chi connectivity index (χ4v) is 4.88. The topological polar surface area (TPSA) is 120 Å². The van der Waals surface area contributed by atoms with E-state index in [1.807, 2.05) is 0 Å². The Hall–Kier alpha value is -3.15. The van der Waals surface area contributed by atoms with Gasteiger partial charge in [-0.2, -0.15) is 15.4 Å². The number of H-pyrrole nitrogens is 1. The maximum absolute atomic E-state index is 13.7. The fourth-order valence-electron chi connectivity index (χ4n) is 4.61. The van der Waals surface area contributed by atoms with Gasteiger partial charge in [0.1, 0.15) is 11.5 Å². The molecule has 34 heavy (non-hydrogen) atoms. The van der Waals surface area contributed by atoms with Gasteiger partial charge in [0.05, 0.1) is 22.7 Å². The number of nitrogens with one attached hydrogen (secondary N) is 3. The summed E-state index contributed by atoms with van der Waals surface area (Å²) in [5, 5.41) is 14.7. The highest BCUT2D eigenvalue weighted by molar-refractivity contribution is 6.35. The molecule has 1 aliphatic carbocycles. The number of likely N-dealkylation sites (tertiary alicyclic amines) is 1. The first kappa shape index (κ1) is 24.0. The van der Waals surface area contributed by atoms with Crippen LogP contribution in [0.1, 0.15) is 37.4 Å². The number of aryl methyl sites for hydroxylation is 1. The van der Waals surface area contributed by atoms with Crippen LogP contribution >= 0.6 is 11.6 Å². The Bertz CT molecular complexity index is 1110. The van der Waals surface area contributed by atoms with E-state index in [1.165, 1.54) is 30.2 Å². The molecular weight excluding hydrogens is 477 g/mol. The van der Waals surface area contributed by atoms with Crippen molar-refractivity contribution in [2.75, 3.05) is 11.9 Å². The lowest BCUT2D eigenvalue weighted by molar-refractivity contribution is -0.160. The molecule has 2 fully saturated rings. The summed E-state index contributed by atoms with van der Waals surface area (Å²) >= 11 is 5.83. The van der Waals surface area contributed by atoms with Crippen LogP contribution in [-0.2, 0) is 19.9 Å². The standard InChI is InChI=1S/C21H22ClF3N6O3/c1-10-5-12(6-14(22)16(10)23)27-17(32)13-3-4-31(11(13)2)19(34)18(33)28-20(8-21(24,25)9-20)15-7-26-30-29-15/h5-7,11,13H,3-4,8-9H2,1-2H3,(H,27,32)(H,28,33)(H,26,29,30)/t11-,13-/m0/s1. The number of hydrogen-bond acceptors (Lipinski definition) is 5. The Kier molecular flexibility index (Phi) is 6.05. The number of halogens is 4. The van der Waals surface area contributed by atoms with Gasteiger partial charge in [-0.15, -0.1) is 0 Å². The molecule has 1 aliphatic heterocycles. The molecule has 1 saturated carbocycles. The van der Waals surface area contributed by atoms with Crippen molar-refractivity contribution in [3.8, 4) is 0 Å². The summed E-state index contributed by atoms with van der Waals surface area (Å²) in [7, 11) is 0. The van der Waals surface area contributed by atoms with Gasteiger partial charge in [-0.1, -0.05) is 11.6 Å². The molecular formula is C21H22ClF3N6O3. The monoisotopic (exact) mass is 498 g/mol. The number of alkyl halides is 2. The lowest BCUT2D eigenvalue weighted by atomic mass is 9.71. The molecule has 4 rings (SSSR count). The summed E-state index contributed by atoms with van der Waals surface area (Å²) in [6, 6.07) is 2.09. The lowest BCUT2D eigenvalue weighted by Crippen LogP contribution is -2.62. The van der Waals surface area contributed by atoms with Gasteiger partial charge < -0.3 is 15.5 Å². The largest absolute Gasteiger partial charge is 0.336 e. The third-order valence-electron chi connectivity index (χ3n) is 6.40. The van der Waals surface area contributed by atoms with E-state index < -0.39 is 59.8 Å². The lowest BCUT2D eigenvalue weighted by Gasteiger charge is -2.46. The molecule has 0 bridgehead atoms. The van der Waals surface area contributed by atoms with Gasteiger partial charge in [-0.05, 0) is 38.0 Å². The van der Waals surface area contributed by atoms with Crippen molar-refractivity contribution in [3.05, 3.63) is 40.4 Å². The molecule has 2 aromatic rings. The smallest absolute Gasteiger partial charge is 0.312 e. The second-order valence-electron chi connectivity index (χ2n) is 8.81. The quantitative estimate of drug-likeness (QED) is 0.559. The van der Waals surface area contributed by atoms with E-state index in [4.69, 9.17) is 11.6 Å². The number of anilines is 1. The molecule has 0 radical (unpaired) electrons. The number of amides is 3. The van der Waals surface area contributed by atoms with E-state index in [2.05, 4.69) is 26.0 Å². The van der Waals surface area contributed by atoms with Crippen LogP contribution in [0.5, 0.6) is 0 Å². The normalized spacial score (nSPS) is 22.7. The highest BCUT2D eigenvalue weighted by Gasteiger charge is 2.60. The number of hydrogen-bond donors (Lipinski definition) is 3. The van der Waals surface area contributed by atoms with E-state index in [9.17, 15) is 27.6 Å². The first-order valence-corrected chi connectivity index (χ1v) is 10.9. The van der Waals surface area contributed by atoms with Gasteiger partial charge in [-0.3, -0.25) is 14.4 Å². The van der Waals surface area contributed by atoms with Gasteiger partial charge in [0, 0.05) is 31.1 Å². The van der Waals surface area contributed by atoms with E-state index in [-0.39, 0.29) is 29.2 Å². The van der Waals surface area contributed by atoms with Gasteiger partial charge in [0.25, 0.3) is 5.92 Å². The fraction of sp³-hybridized carbons (Fsp3) is 0.476. The molecule has 2 aliphatic rings. The maximum Gasteiger partial charge on any atom is 0.312 e. The van der Waals surface area contributed by atoms with Gasteiger partial charge in [0.15, 0.2) is 0 Å². The Morgan fingerprint density at radius 3 is 2.56 bits per heavy atom. The van der Waals surface area contributed by atoms with Gasteiger partial charge in [0.2, 0.25) is 5.91 Å². The van der Waals surface area contributed by atoms with Crippen molar-refractivity contribution in [2.24, 2.45) is 5.92 Å². The van der Waals surface area contributed by atoms with Crippen molar-refractivity contribution in [2.45, 2.75) is 50.6 Å². The zero-order valence-corrected chi connectivity index (χ0v) is 19.0. The Morgan fingerprint density at radius 1 is 1.26 bits per heavy atom. The van der Waals surface area contributed by atoms with Crippen molar-refractivity contribution < 1.29 is 27.6 Å². The van der Waals surface area contributed by atoms with Crippen LogP contribution < -0.4 is 10.6 Å². The minimum absolute atomic E-state index is 0.111. The van der Waals surface area contributed by atoms with Crippen LogP contribution in [0.3, 0.4) is 0 Å². The summed E-state index contributed by atoms with van der Waals surface area (Å²) in [4.78, 5) is 39.6. The van der Waals surface area contributed by atoms with Gasteiger partial charge in [-0.25, -0.2) is 13.2 Å². The second kappa shape index (κ2) is 8.57. The van der Waals surface area contributed by atoms with Crippen LogP contribution in [0, 0.1) is 18.7 Å². The molecule has 0 spiro atoms. The van der Waals surface area contributed by atoms with Crippen molar-refractivity contribution in [1.29, 1.82) is 0 Å². The molecule has 2 heterocycles. The molecule has 13 heteroatoms. The van der Waals surface area contributed by atoms with Gasteiger partial charge >= 0.3 is 11.8 Å². The zero-order valence-electron chi connectivity index (χ0n) is 18.3. The Balaban J connectivity index is 1.42. The average molecular weight is 499 g/mol. The predicted octanol–water partition coefficient (Wildman–Crippen LogP) is 2.52. The van der Waals surface area contributed by atoms with E-state index >= 15 is 0 Å². The summed E-state index contributed by atoms with van der Waals surface area (Å²) in [5.74, 6) is -6.62. The van der Waals surface area contributed by atoms with Crippen LogP contribution in [0.25, 0.3) is 0 Å². The Morgan fingerprint density at radius 2 is 1.97 bits per heavy atom. The summed E-state index contributed by atoms with van der Waals surface area (Å²) < 4.78 is 41.0. The van der Waals surface area contributed by atoms with Crippen molar-refractivity contribution in [1.82, 2.24) is 25.6 Å². The SMILES string of the molecule is Cc1cc(NC(=O)[C@H]2CCN(C(=O)C(=O)NC3(c4cn[nH]n4)CC(F)(F)C3)[C@H]2C)cc(Cl)c1F. The highest BCUT2D eigenvalue weighted by Crippen LogP contribution is 2.51. The first-order valence-electron chi connectivity index (χ1n) is 10.6. The van der Waals surface area contributed by atoms with E-state index in [0.717, 1.165) is 0 Å². The molecule has 3 N–H and O–H groups in total. The van der Waals surface area contributed by atoms with Crippen LogP contribution in [0.15, 0.2) is 18.3 Å². The third-order valence-corrected chi connectivity index (χ3v) is 6.68. The summed E-state index contributed by atoms with van der Waals surface area (Å²) in [5.41, 5.74) is -0.815. The molecule has 182 valence electrons. The van der Waals surface area contributed by atoms with Crippen LogP contribution in [0.4, 0.5) is 18.9 Å². The van der Waals surface area contributed by atoms with Crippen molar-refractivity contribution >= 4 is 35.0 Å². The number of aromatic amines is 1. The third kappa shape index (κ3) is 4.33. The molecule has 2 atom stereocenters. The molecule has 3 amide bonds. The summed E-state index contributed by atoms with van der Waals surface area (Å²) in [6.45, 7) is 3.26. The second-order valence-corrected chi connectivity index (χ2v) is 9.22. The zero-order chi connectivity index (χ0) is 24.8. The maximum atomic E-state index is 13.7. The average Bonchev–Trinajstić information content (AvgIpc) is 3.40. The number of aromatic nitrogens is 3. The molecule has 9 nitrogen and oxygen atoms in total. The molecule has 1 saturated heterocycles. The minimum Gasteiger partial charge on any atom is -0.336 e. The highest BCUT2D eigenvalue weighted by atomic mass is 35.5. The van der Waals surface area contributed by atoms with E-state index in [1.54, 1.807) is 6.92 Å².